The molecule has 2 aromatic carbocycles. The minimum absolute atomic E-state index is 0.0911. The van der Waals surface area contributed by atoms with Gasteiger partial charge in [0.05, 0.1) is 16.1 Å². The summed E-state index contributed by atoms with van der Waals surface area (Å²) >= 11 is 6.19. The van der Waals surface area contributed by atoms with Gasteiger partial charge in [0, 0.05) is 10.9 Å². The van der Waals surface area contributed by atoms with Gasteiger partial charge in [-0.25, -0.2) is 0 Å². The summed E-state index contributed by atoms with van der Waals surface area (Å²) in [7, 11) is 0. The molecule has 0 aliphatic heterocycles. The van der Waals surface area contributed by atoms with Crippen LogP contribution in [-0.2, 0) is 0 Å². The lowest BCUT2D eigenvalue weighted by molar-refractivity contribution is 0.482. The van der Waals surface area contributed by atoms with Crippen molar-refractivity contribution in [2.24, 2.45) is 0 Å². The number of H-pyrrole nitrogens is 1. The predicted octanol–water partition coefficient (Wildman–Crippen LogP) is 3.93. The van der Waals surface area contributed by atoms with Crippen LogP contribution >= 0.6 is 11.6 Å². The van der Waals surface area contributed by atoms with Crippen molar-refractivity contribution >= 4 is 22.5 Å². The number of halogens is 1. The molecular weight excluding hydrogens is 298 g/mol. The van der Waals surface area contributed by atoms with E-state index in [2.05, 4.69) is 16.8 Å². The molecule has 0 atom stereocenters. The van der Waals surface area contributed by atoms with E-state index < -0.39 is 0 Å². The van der Waals surface area contributed by atoms with Gasteiger partial charge < -0.3 is 10.1 Å². The molecule has 22 heavy (non-hydrogen) atoms. The van der Waals surface area contributed by atoms with Crippen LogP contribution in [0.2, 0.25) is 5.02 Å². The van der Waals surface area contributed by atoms with Crippen molar-refractivity contribution in [2.45, 2.75) is 6.92 Å². The van der Waals surface area contributed by atoms with Gasteiger partial charge in [0.1, 0.15) is 5.75 Å². The van der Waals surface area contributed by atoms with Gasteiger partial charge >= 0.3 is 0 Å². The smallest absolute Gasteiger partial charge is 0.260 e. The summed E-state index contributed by atoms with van der Waals surface area (Å²) in [5, 5.41) is 11.4. The van der Waals surface area contributed by atoms with Gasteiger partial charge in [-0.3, -0.25) is 4.79 Å². The Labute approximate surface area is 132 Å². The summed E-state index contributed by atoms with van der Waals surface area (Å²) in [4.78, 5) is 15.1. The van der Waals surface area contributed by atoms with Crippen LogP contribution in [-0.4, -0.2) is 10.1 Å². The number of benzene rings is 2. The van der Waals surface area contributed by atoms with Crippen molar-refractivity contribution in [3.8, 4) is 28.7 Å². The quantitative estimate of drug-likeness (QED) is 0.669. The molecule has 4 heteroatoms. The topological polar surface area (TPSA) is 53.1 Å². The van der Waals surface area contributed by atoms with Crippen LogP contribution in [0.25, 0.3) is 22.0 Å². The van der Waals surface area contributed by atoms with E-state index in [1.54, 1.807) is 31.2 Å². The summed E-state index contributed by atoms with van der Waals surface area (Å²) in [5.41, 5.74) is 1.58. The summed E-state index contributed by atoms with van der Waals surface area (Å²) < 4.78 is 0. The van der Waals surface area contributed by atoms with Gasteiger partial charge in [-0.2, -0.15) is 0 Å². The van der Waals surface area contributed by atoms with E-state index in [-0.39, 0.29) is 16.9 Å². The Bertz CT molecular complexity index is 979. The van der Waals surface area contributed by atoms with E-state index in [1.165, 1.54) is 0 Å². The van der Waals surface area contributed by atoms with E-state index in [0.29, 0.717) is 27.1 Å². The third kappa shape index (κ3) is 2.34. The molecule has 3 aromatic rings. The fraction of sp³-hybridized carbons (Fsp3) is 0.0556. The Hall–Kier alpha value is -2.70. The zero-order valence-electron chi connectivity index (χ0n) is 11.8. The molecule has 0 saturated heterocycles. The molecule has 1 heterocycles. The lowest BCUT2D eigenvalue weighted by Crippen LogP contribution is -2.09. The van der Waals surface area contributed by atoms with Crippen molar-refractivity contribution < 1.29 is 5.11 Å². The number of hydrogen-bond acceptors (Lipinski definition) is 2. The Morgan fingerprint density at radius 2 is 1.91 bits per heavy atom. The first kappa shape index (κ1) is 14.2. The van der Waals surface area contributed by atoms with E-state index >= 15 is 0 Å². The van der Waals surface area contributed by atoms with E-state index in [4.69, 9.17) is 11.6 Å². The van der Waals surface area contributed by atoms with Crippen LogP contribution in [0.15, 0.2) is 47.3 Å². The van der Waals surface area contributed by atoms with Crippen molar-refractivity contribution in [2.75, 3.05) is 0 Å². The highest BCUT2D eigenvalue weighted by Gasteiger charge is 2.15. The number of rotatable bonds is 1. The number of aromatic nitrogens is 1. The molecule has 0 aliphatic rings. The molecule has 1 aromatic heterocycles. The van der Waals surface area contributed by atoms with Crippen LogP contribution in [0.4, 0.5) is 0 Å². The highest BCUT2D eigenvalue weighted by atomic mass is 35.5. The van der Waals surface area contributed by atoms with Crippen LogP contribution in [0, 0.1) is 11.8 Å². The predicted molar refractivity (Wildman–Crippen MR) is 89.2 cm³/mol. The first-order valence-electron chi connectivity index (χ1n) is 6.68. The number of fused-ring (bicyclic) bond motifs is 1. The highest BCUT2D eigenvalue weighted by molar-refractivity contribution is 6.35. The first-order chi connectivity index (χ1) is 10.6. The van der Waals surface area contributed by atoms with Gasteiger partial charge in [0.15, 0.2) is 0 Å². The maximum Gasteiger partial charge on any atom is 0.260 e. The maximum atomic E-state index is 12.3. The monoisotopic (exact) mass is 309 g/mol. The molecule has 0 unspecified atom stereocenters. The molecule has 0 spiro atoms. The lowest BCUT2D eigenvalue weighted by atomic mass is 10.0. The molecule has 0 aliphatic carbocycles. The van der Waals surface area contributed by atoms with Crippen LogP contribution in [0.3, 0.4) is 0 Å². The standard InChI is InChI=1S/C18H12ClNO2/c1-2-6-11-9-13-16(14(19)10-11)20-18(22)15(17(13)21)12-7-4-3-5-8-12/h3-5,7-10H,1H3,(H2,20,21,22). The van der Waals surface area contributed by atoms with Crippen molar-refractivity contribution in [3.05, 3.63) is 63.4 Å². The van der Waals surface area contributed by atoms with Crippen LogP contribution in [0.1, 0.15) is 12.5 Å². The largest absolute Gasteiger partial charge is 0.506 e. The maximum absolute atomic E-state index is 12.3. The highest BCUT2D eigenvalue weighted by Crippen LogP contribution is 2.35. The van der Waals surface area contributed by atoms with Crippen LogP contribution in [0.5, 0.6) is 5.75 Å². The molecule has 0 amide bonds. The van der Waals surface area contributed by atoms with Crippen molar-refractivity contribution in [1.29, 1.82) is 0 Å². The summed E-state index contributed by atoms with van der Waals surface area (Å²) in [6.45, 7) is 1.72. The number of pyridine rings is 1. The fourth-order valence-electron chi connectivity index (χ4n) is 2.43. The SMILES string of the molecule is CC#Cc1cc(Cl)c2[nH]c(=O)c(-c3ccccc3)c(O)c2c1. The number of nitrogens with one attached hydrogen (secondary N) is 1. The Morgan fingerprint density at radius 1 is 1.18 bits per heavy atom. The third-order valence-corrected chi connectivity index (χ3v) is 3.68. The second-order valence-corrected chi connectivity index (χ2v) is 5.21. The molecule has 2 N–H and O–H groups in total. The molecule has 108 valence electrons. The van der Waals surface area contributed by atoms with Crippen molar-refractivity contribution in [3.63, 3.8) is 0 Å². The average molecular weight is 310 g/mol. The lowest BCUT2D eigenvalue weighted by Gasteiger charge is -2.09. The zero-order valence-corrected chi connectivity index (χ0v) is 12.5. The first-order valence-corrected chi connectivity index (χ1v) is 7.06. The Morgan fingerprint density at radius 3 is 2.59 bits per heavy atom. The van der Waals surface area contributed by atoms with Gasteiger partial charge in [-0.15, -0.1) is 5.92 Å². The molecule has 0 saturated carbocycles. The molecule has 3 nitrogen and oxygen atoms in total. The summed E-state index contributed by atoms with van der Waals surface area (Å²) in [6, 6.07) is 12.4. The second-order valence-electron chi connectivity index (χ2n) is 4.80. The van der Waals surface area contributed by atoms with Crippen LogP contribution < -0.4 is 5.56 Å². The third-order valence-electron chi connectivity index (χ3n) is 3.38. The number of aromatic hydroxyl groups is 1. The van der Waals surface area contributed by atoms with E-state index in [0.717, 1.165) is 0 Å². The van der Waals surface area contributed by atoms with Crippen molar-refractivity contribution in [1.82, 2.24) is 4.98 Å². The van der Waals surface area contributed by atoms with Gasteiger partial charge in [0.2, 0.25) is 0 Å². The molecule has 3 rings (SSSR count). The number of aromatic amines is 1. The molecular formula is C18H12ClNO2. The Kier molecular flexibility index (Phi) is 3.62. The fourth-order valence-corrected chi connectivity index (χ4v) is 2.69. The number of hydrogen-bond donors (Lipinski definition) is 2. The minimum atomic E-state index is -0.382. The average Bonchev–Trinajstić information content (AvgIpc) is 2.50. The summed E-state index contributed by atoms with van der Waals surface area (Å²) in [5.74, 6) is 5.60. The molecule has 0 radical (unpaired) electrons. The zero-order chi connectivity index (χ0) is 15.7. The normalized spacial score (nSPS) is 10.3. The molecule has 0 bridgehead atoms. The van der Waals surface area contributed by atoms with Gasteiger partial charge in [0.25, 0.3) is 5.56 Å². The van der Waals surface area contributed by atoms with Gasteiger partial charge in [-0.05, 0) is 24.6 Å². The second kappa shape index (κ2) is 5.59. The summed E-state index contributed by atoms with van der Waals surface area (Å²) in [6.07, 6.45) is 0. The Balaban J connectivity index is 2.41. The van der Waals surface area contributed by atoms with E-state index in [1.807, 2.05) is 18.2 Å². The van der Waals surface area contributed by atoms with E-state index in [9.17, 15) is 9.90 Å². The minimum Gasteiger partial charge on any atom is -0.506 e. The van der Waals surface area contributed by atoms with Gasteiger partial charge in [-0.1, -0.05) is 47.9 Å². The molecule has 0 fully saturated rings.